The van der Waals surface area contributed by atoms with Crippen molar-refractivity contribution in [2.75, 3.05) is 11.4 Å². The van der Waals surface area contributed by atoms with Crippen molar-refractivity contribution in [1.29, 1.82) is 0 Å². The van der Waals surface area contributed by atoms with Gasteiger partial charge in [0.1, 0.15) is 6.42 Å². The molecule has 1 saturated carbocycles. The van der Waals surface area contributed by atoms with Crippen molar-refractivity contribution >= 4 is 17.5 Å². The van der Waals surface area contributed by atoms with Crippen LogP contribution in [0.15, 0.2) is 24.3 Å². The summed E-state index contributed by atoms with van der Waals surface area (Å²) in [6, 6.07) is 8.20. The number of carbonyl (C=O) groups excluding carboxylic acids is 2. The first-order valence-corrected chi connectivity index (χ1v) is 6.41. The van der Waals surface area contributed by atoms with Gasteiger partial charge in [0.2, 0.25) is 11.8 Å². The van der Waals surface area contributed by atoms with Gasteiger partial charge in [-0.1, -0.05) is 18.2 Å². The maximum atomic E-state index is 12.1. The van der Waals surface area contributed by atoms with Crippen molar-refractivity contribution in [2.24, 2.45) is 0 Å². The third-order valence-corrected chi connectivity index (χ3v) is 3.44. The average molecular weight is 244 g/mol. The molecule has 1 heterocycles. The summed E-state index contributed by atoms with van der Waals surface area (Å²) in [6.07, 6.45) is 2.94. The number of benzene rings is 1. The minimum atomic E-state index is -0.146. The molecule has 18 heavy (non-hydrogen) atoms. The lowest BCUT2D eigenvalue weighted by atomic mass is 10.2. The van der Waals surface area contributed by atoms with Gasteiger partial charge in [-0.25, -0.2) is 0 Å². The normalized spacial score (nSPS) is 17.4. The van der Waals surface area contributed by atoms with Crippen molar-refractivity contribution < 1.29 is 9.59 Å². The molecule has 1 aliphatic heterocycles. The molecule has 2 aliphatic rings. The summed E-state index contributed by atoms with van der Waals surface area (Å²) < 4.78 is 0. The maximum absolute atomic E-state index is 12.1. The van der Waals surface area contributed by atoms with E-state index in [2.05, 4.69) is 5.32 Å². The SMILES string of the molecule is O=C(CC(=O)N1CCc2ccccc21)NC1CC1. The van der Waals surface area contributed by atoms with E-state index in [1.165, 1.54) is 5.56 Å². The van der Waals surface area contributed by atoms with E-state index in [0.717, 1.165) is 24.9 Å². The van der Waals surface area contributed by atoms with Crippen LogP contribution in [0.25, 0.3) is 0 Å². The molecule has 0 atom stereocenters. The molecule has 94 valence electrons. The van der Waals surface area contributed by atoms with E-state index >= 15 is 0 Å². The van der Waals surface area contributed by atoms with Crippen molar-refractivity contribution in [2.45, 2.75) is 31.7 Å². The van der Waals surface area contributed by atoms with Gasteiger partial charge >= 0.3 is 0 Å². The molecule has 0 unspecified atom stereocenters. The summed E-state index contributed by atoms with van der Waals surface area (Å²) in [5.41, 5.74) is 2.15. The standard InChI is InChI=1S/C14H16N2O2/c17-13(15-11-5-6-11)9-14(18)16-8-7-10-3-1-2-4-12(10)16/h1-4,11H,5-9H2,(H,15,17). The van der Waals surface area contributed by atoms with E-state index in [-0.39, 0.29) is 18.2 Å². The van der Waals surface area contributed by atoms with E-state index in [1.807, 2.05) is 24.3 Å². The van der Waals surface area contributed by atoms with Gasteiger partial charge in [-0.2, -0.15) is 0 Å². The molecule has 0 spiro atoms. The fourth-order valence-corrected chi connectivity index (χ4v) is 2.34. The van der Waals surface area contributed by atoms with Gasteiger partial charge in [-0.05, 0) is 30.9 Å². The van der Waals surface area contributed by atoms with Crippen LogP contribution in [0.1, 0.15) is 24.8 Å². The van der Waals surface area contributed by atoms with Crippen molar-refractivity contribution in [1.82, 2.24) is 5.32 Å². The molecule has 2 amide bonds. The van der Waals surface area contributed by atoms with Crippen LogP contribution >= 0.6 is 0 Å². The summed E-state index contributed by atoms with van der Waals surface area (Å²) in [4.78, 5) is 25.4. The molecule has 0 saturated heterocycles. The number of fused-ring (bicyclic) bond motifs is 1. The van der Waals surface area contributed by atoms with Gasteiger partial charge in [0.05, 0.1) is 0 Å². The second-order valence-electron chi connectivity index (χ2n) is 4.94. The summed E-state index contributed by atoms with van der Waals surface area (Å²) in [5.74, 6) is -0.245. The molecule has 1 fully saturated rings. The Hall–Kier alpha value is -1.84. The van der Waals surface area contributed by atoms with E-state index in [0.29, 0.717) is 12.6 Å². The quantitative estimate of drug-likeness (QED) is 0.813. The minimum absolute atomic E-state index is 0.0369. The van der Waals surface area contributed by atoms with Crippen LogP contribution in [0, 0.1) is 0 Å². The second kappa shape index (κ2) is 4.44. The second-order valence-corrected chi connectivity index (χ2v) is 4.94. The first kappa shape index (κ1) is 11.3. The summed E-state index contributed by atoms with van der Waals surface area (Å²) >= 11 is 0. The first-order chi connectivity index (χ1) is 8.74. The lowest BCUT2D eigenvalue weighted by Crippen LogP contribution is -2.35. The third-order valence-electron chi connectivity index (χ3n) is 3.44. The molecule has 1 aromatic carbocycles. The number of nitrogens with zero attached hydrogens (tertiary/aromatic N) is 1. The molecule has 1 aromatic rings. The summed E-state index contributed by atoms with van der Waals surface area (Å²) in [5, 5.41) is 2.85. The average Bonchev–Trinajstić information content (AvgIpc) is 3.06. The van der Waals surface area contributed by atoms with Crippen LogP contribution in [-0.4, -0.2) is 24.4 Å². The Morgan fingerprint density at radius 1 is 1.28 bits per heavy atom. The lowest BCUT2D eigenvalue weighted by Gasteiger charge is -2.16. The van der Waals surface area contributed by atoms with Gasteiger partial charge in [0.25, 0.3) is 0 Å². The summed E-state index contributed by atoms with van der Waals surface area (Å²) in [6.45, 7) is 0.689. The Kier molecular flexibility index (Phi) is 2.78. The summed E-state index contributed by atoms with van der Waals surface area (Å²) in [7, 11) is 0. The van der Waals surface area contributed by atoms with Gasteiger partial charge < -0.3 is 10.2 Å². The van der Waals surface area contributed by atoms with Gasteiger partial charge in [0.15, 0.2) is 0 Å². The number of para-hydroxylation sites is 1. The van der Waals surface area contributed by atoms with Crippen LogP contribution in [0.5, 0.6) is 0 Å². The van der Waals surface area contributed by atoms with Crippen LogP contribution in [0.4, 0.5) is 5.69 Å². The maximum Gasteiger partial charge on any atom is 0.236 e. The molecule has 3 rings (SSSR count). The van der Waals surface area contributed by atoms with Crippen molar-refractivity contribution in [3.8, 4) is 0 Å². The monoisotopic (exact) mass is 244 g/mol. The fourth-order valence-electron chi connectivity index (χ4n) is 2.34. The van der Waals surface area contributed by atoms with Crippen molar-refractivity contribution in [3.05, 3.63) is 29.8 Å². The van der Waals surface area contributed by atoms with Gasteiger partial charge in [-0.3, -0.25) is 9.59 Å². The third kappa shape index (κ3) is 2.23. The van der Waals surface area contributed by atoms with Crippen molar-refractivity contribution in [3.63, 3.8) is 0 Å². The number of carbonyl (C=O) groups is 2. The van der Waals surface area contributed by atoms with Crippen LogP contribution in [0.3, 0.4) is 0 Å². The number of hydrogen-bond donors (Lipinski definition) is 1. The zero-order valence-corrected chi connectivity index (χ0v) is 10.2. The van der Waals surface area contributed by atoms with Crippen LogP contribution < -0.4 is 10.2 Å². The Bertz CT molecular complexity index is 494. The predicted octanol–water partition coefficient (Wildman–Crippen LogP) is 1.24. The number of rotatable bonds is 3. The molecule has 0 radical (unpaired) electrons. The van der Waals surface area contributed by atoms with E-state index in [1.54, 1.807) is 4.90 Å². The zero-order valence-electron chi connectivity index (χ0n) is 10.2. The molecular formula is C14H16N2O2. The zero-order chi connectivity index (χ0) is 12.5. The molecule has 1 N–H and O–H groups in total. The highest BCUT2D eigenvalue weighted by Gasteiger charge is 2.28. The Labute approximate surface area is 106 Å². The molecule has 0 aromatic heterocycles. The Morgan fingerprint density at radius 2 is 2.06 bits per heavy atom. The molecular weight excluding hydrogens is 228 g/mol. The fraction of sp³-hybridized carbons (Fsp3) is 0.429. The largest absolute Gasteiger partial charge is 0.353 e. The Balaban J connectivity index is 1.64. The molecule has 4 nitrogen and oxygen atoms in total. The van der Waals surface area contributed by atoms with Gasteiger partial charge in [0, 0.05) is 18.3 Å². The minimum Gasteiger partial charge on any atom is -0.353 e. The number of nitrogens with one attached hydrogen (secondary N) is 1. The highest BCUT2D eigenvalue weighted by molar-refractivity contribution is 6.06. The van der Waals surface area contributed by atoms with Gasteiger partial charge in [-0.15, -0.1) is 0 Å². The predicted molar refractivity (Wildman–Crippen MR) is 68.3 cm³/mol. The van der Waals surface area contributed by atoms with E-state index < -0.39 is 0 Å². The molecule has 4 heteroatoms. The number of hydrogen-bond acceptors (Lipinski definition) is 2. The Morgan fingerprint density at radius 3 is 2.83 bits per heavy atom. The van der Waals surface area contributed by atoms with E-state index in [9.17, 15) is 9.59 Å². The first-order valence-electron chi connectivity index (χ1n) is 6.41. The molecule has 1 aliphatic carbocycles. The lowest BCUT2D eigenvalue weighted by molar-refractivity contribution is -0.127. The van der Waals surface area contributed by atoms with Crippen LogP contribution in [-0.2, 0) is 16.0 Å². The number of amides is 2. The number of anilines is 1. The van der Waals surface area contributed by atoms with E-state index in [4.69, 9.17) is 0 Å². The highest BCUT2D eigenvalue weighted by Crippen LogP contribution is 2.28. The molecule has 0 bridgehead atoms. The topological polar surface area (TPSA) is 49.4 Å². The van der Waals surface area contributed by atoms with Crippen LogP contribution in [0.2, 0.25) is 0 Å². The highest BCUT2D eigenvalue weighted by atomic mass is 16.2. The smallest absolute Gasteiger partial charge is 0.236 e.